The number of thiol groups is 1. The average Bonchev–Trinajstić information content (AvgIpc) is 2.61. The van der Waals surface area contributed by atoms with Gasteiger partial charge in [0.2, 0.25) is 0 Å². The van der Waals surface area contributed by atoms with Crippen molar-refractivity contribution < 1.29 is 14.7 Å². The van der Waals surface area contributed by atoms with Crippen molar-refractivity contribution in [3.63, 3.8) is 0 Å². The van der Waals surface area contributed by atoms with Crippen LogP contribution in [0.25, 0.3) is 32.3 Å². The quantitative estimate of drug-likeness (QED) is 0.321. The van der Waals surface area contributed by atoms with E-state index in [1.807, 2.05) is 24.3 Å². The number of aliphatic carboxylic acids is 1. The minimum Gasteiger partial charge on any atom is -0.481 e. The number of carboxylic acids is 1. The molecule has 0 aromatic heterocycles. The Morgan fingerprint density at radius 2 is 1.48 bits per heavy atom. The average molecular weight is 348 g/mol. The van der Waals surface area contributed by atoms with Gasteiger partial charge in [0.15, 0.2) is 5.78 Å². The maximum Gasteiger partial charge on any atom is 0.314 e. The highest BCUT2D eigenvalue weighted by Gasteiger charge is 2.25. The fourth-order valence-electron chi connectivity index (χ4n) is 3.58. The Kier molecular flexibility index (Phi) is 3.85. The first-order valence-corrected chi connectivity index (χ1v) is 8.75. The second kappa shape index (κ2) is 6.05. The summed E-state index contributed by atoms with van der Waals surface area (Å²) in [5.41, 5.74) is 0.865. The number of benzene rings is 4. The van der Waals surface area contributed by atoms with Crippen molar-refractivity contribution in [3.05, 3.63) is 60.2 Å². The summed E-state index contributed by atoms with van der Waals surface area (Å²) in [5, 5.41) is 16.0. The molecular weight excluding hydrogens is 332 g/mol. The van der Waals surface area contributed by atoms with E-state index in [9.17, 15) is 14.7 Å². The van der Waals surface area contributed by atoms with Crippen molar-refractivity contribution in [1.82, 2.24) is 0 Å². The van der Waals surface area contributed by atoms with Crippen LogP contribution in [0.5, 0.6) is 0 Å². The molecule has 0 amide bonds. The van der Waals surface area contributed by atoms with Crippen molar-refractivity contribution >= 4 is 56.7 Å². The zero-order valence-corrected chi connectivity index (χ0v) is 14.3. The minimum absolute atomic E-state index is 0.0139. The fourth-order valence-corrected chi connectivity index (χ4v) is 3.94. The molecule has 0 saturated heterocycles. The van der Waals surface area contributed by atoms with Crippen molar-refractivity contribution in [3.8, 4) is 0 Å². The van der Waals surface area contributed by atoms with Gasteiger partial charge in [0.25, 0.3) is 0 Å². The lowest BCUT2D eigenvalue weighted by Gasteiger charge is -2.14. The van der Waals surface area contributed by atoms with Gasteiger partial charge in [-0.05, 0) is 37.9 Å². The summed E-state index contributed by atoms with van der Waals surface area (Å²) in [6, 6.07) is 18.4. The fraction of sp³-hybridized carbons (Fsp3) is 0.143. The van der Waals surface area contributed by atoms with Crippen LogP contribution in [0.15, 0.2) is 54.6 Å². The summed E-state index contributed by atoms with van der Waals surface area (Å²) in [4.78, 5) is 23.6. The Morgan fingerprint density at radius 3 is 2.12 bits per heavy atom. The first kappa shape index (κ1) is 15.9. The third-order valence-electron chi connectivity index (χ3n) is 4.85. The van der Waals surface area contributed by atoms with Gasteiger partial charge in [-0.1, -0.05) is 54.6 Å². The largest absolute Gasteiger partial charge is 0.481 e. The molecular formula is C21H16O3S. The molecule has 0 saturated carbocycles. The molecule has 0 heterocycles. The van der Waals surface area contributed by atoms with Crippen LogP contribution in [0.2, 0.25) is 0 Å². The van der Waals surface area contributed by atoms with E-state index in [4.69, 9.17) is 0 Å². The van der Waals surface area contributed by atoms with Gasteiger partial charge in [-0.15, -0.1) is 0 Å². The van der Waals surface area contributed by atoms with Gasteiger partial charge in [0, 0.05) is 12.2 Å². The molecule has 1 atom stereocenters. The maximum absolute atomic E-state index is 12.4. The van der Waals surface area contributed by atoms with Crippen LogP contribution < -0.4 is 0 Å². The molecule has 4 aromatic carbocycles. The van der Waals surface area contributed by atoms with E-state index in [1.165, 1.54) is 5.39 Å². The van der Waals surface area contributed by atoms with Gasteiger partial charge in [0.05, 0.1) is 0 Å². The summed E-state index contributed by atoms with van der Waals surface area (Å²) in [6.07, 6.45) is 0.103. The van der Waals surface area contributed by atoms with Crippen LogP contribution in [0.4, 0.5) is 0 Å². The van der Waals surface area contributed by atoms with Gasteiger partial charge in [0.1, 0.15) is 5.92 Å². The van der Waals surface area contributed by atoms with Crippen LogP contribution in [-0.4, -0.2) is 22.6 Å². The minimum atomic E-state index is -1.11. The third kappa shape index (κ3) is 2.53. The number of carbonyl (C=O) groups is 2. The molecule has 4 rings (SSSR count). The summed E-state index contributed by atoms with van der Waals surface area (Å²) in [5.74, 6) is -2.47. The summed E-state index contributed by atoms with van der Waals surface area (Å²) in [7, 11) is 0. The number of ketones is 1. The van der Waals surface area contributed by atoms with Crippen LogP contribution in [0, 0.1) is 5.92 Å². The van der Waals surface area contributed by atoms with E-state index < -0.39 is 11.9 Å². The summed E-state index contributed by atoms with van der Waals surface area (Å²) in [6.45, 7) is 0. The van der Waals surface area contributed by atoms with Gasteiger partial charge >= 0.3 is 5.97 Å². The number of carboxylic acid groups (broad SMARTS) is 1. The Hall–Kier alpha value is -2.59. The summed E-state index contributed by atoms with van der Waals surface area (Å²) < 4.78 is 0. The van der Waals surface area contributed by atoms with Crippen LogP contribution in [-0.2, 0) is 16.0 Å². The molecule has 25 heavy (non-hydrogen) atoms. The molecule has 0 aliphatic rings. The maximum atomic E-state index is 12.4. The molecule has 0 aliphatic heterocycles. The smallest absolute Gasteiger partial charge is 0.314 e. The van der Waals surface area contributed by atoms with E-state index in [1.54, 1.807) is 0 Å². The molecule has 0 unspecified atom stereocenters. The monoisotopic (exact) mass is 348 g/mol. The van der Waals surface area contributed by atoms with Gasteiger partial charge < -0.3 is 5.11 Å². The lowest BCUT2D eigenvalue weighted by atomic mass is 9.89. The second-order valence-corrected chi connectivity index (χ2v) is 6.66. The zero-order valence-electron chi connectivity index (χ0n) is 13.4. The highest BCUT2D eigenvalue weighted by molar-refractivity contribution is 7.80. The van der Waals surface area contributed by atoms with E-state index in [-0.39, 0.29) is 18.0 Å². The Morgan fingerprint density at radius 1 is 0.880 bits per heavy atom. The predicted octanol–water partition coefficient (Wildman–Crippen LogP) is 4.33. The van der Waals surface area contributed by atoms with Crippen molar-refractivity contribution in [2.45, 2.75) is 6.42 Å². The topological polar surface area (TPSA) is 54.4 Å². The predicted molar refractivity (Wildman–Crippen MR) is 104 cm³/mol. The molecule has 4 aromatic rings. The SMILES string of the molecule is O=C(O)[C@H](CS)C(=O)Cc1ccc2ccc3cccc4ccc1c2c34. The lowest BCUT2D eigenvalue weighted by Crippen LogP contribution is -2.26. The number of Topliss-reactive ketones (excluding diaryl/α,β-unsaturated/α-hetero) is 1. The molecule has 3 nitrogen and oxygen atoms in total. The first-order chi connectivity index (χ1) is 12.1. The van der Waals surface area contributed by atoms with Crippen molar-refractivity contribution in [2.24, 2.45) is 5.92 Å². The molecule has 4 heteroatoms. The van der Waals surface area contributed by atoms with Crippen molar-refractivity contribution in [2.75, 3.05) is 5.75 Å². The van der Waals surface area contributed by atoms with E-state index in [2.05, 4.69) is 43.0 Å². The highest BCUT2D eigenvalue weighted by Crippen LogP contribution is 2.36. The first-order valence-electron chi connectivity index (χ1n) is 8.12. The highest BCUT2D eigenvalue weighted by atomic mass is 32.1. The number of hydrogen-bond acceptors (Lipinski definition) is 3. The van der Waals surface area contributed by atoms with Gasteiger partial charge in [-0.25, -0.2) is 0 Å². The van der Waals surface area contributed by atoms with E-state index >= 15 is 0 Å². The van der Waals surface area contributed by atoms with Crippen LogP contribution in [0.3, 0.4) is 0 Å². The van der Waals surface area contributed by atoms with Crippen molar-refractivity contribution in [1.29, 1.82) is 0 Å². The van der Waals surface area contributed by atoms with Gasteiger partial charge in [-0.2, -0.15) is 12.6 Å². The van der Waals surface area contributed by atoms with E-state index in [0.29, 0.717) is 0 Å². The van der Waals surface area contributed by atoms with Gasteiger partial charge in [-0.3, -0.25) is 9.59 Å². The normalized spacial score (nSPS) is 12.8. The second-order valence-electron chi connectivity index (χ2n) is 6.30. The van der Waals surface area contributed by atoms with Crippen LogP contribution in [0.1, 0.15) is 5.56 Å². The Balaban J connectivity index is 1.91. The van der Waals surface area contributed by atoms with Crippen LogP contribution >= 0.6 is 12.6 Å². The molecule has 1 N–H and O–H groups in total. The number of rotatable bonds is 5. The molecule has 0 aliphatic carbocycles. The molecule has 0 bridgehead atoms. The molecule has 0 fully saturated rings. The lowest BCUT2D eigenvalue weighted by molar-refractivity contribution is -0.145. The Labute approximate surface area is 150 Å². The standard InChI is InChI=1S/C21H16O3S/c22-18(17(11-25)21(23)24)10-15-7-6-14-5-4-12-2-1-3-13-8-9-16(15)20(14)19(12)13/h1-9,17,25H,10-11H2,(H,23,24)/t17-/m1/s1. The third-order valence-corrected chi connectivity index (χ3v) is 5.22. The zero-order chi connectivity index (χ0) is 17.6. The van der Waals surface area contributed by atoms with E-state index in [0.717, 1.165) is 32.5 Å². The Bertz CT molecular complexity index is 1100. The number of carbonyl (C=O) groups excluding carboxylic acids is 1. The summed E-state index contributed by atoms with van der Waals surface area (Å²) >= 11 is 4.01. The molecule has 0 spiro atoms. The molecule has 124 valence electrons. The number of hydrogen-bond donors (Lipinski definition) is 2. The molecule has 0 radical (unpaired) electrons.